The molecule has 1 fully saturated rings. The number of fused-ring (bicyclic) bond motifs is 3. The van der Waals surface area contributed by atoms with E-state index in [1.54, 1.807) is 7.11 Å². The van der Waals surface area contributed by atoms with Crippen LogP contribution in [0.15, 0.2) is 18.2 Å². The molecule has 0 radical (unpaired) electrons. The number of rotatable bonds is 3. The summed E-state index contributed by atoms with van der Waals surface area (Å²) in [4.78, 5) is 0. The predicted molar refractivity (Wildman–Crippen MR) is 75.6 cm³/mol. The van der Waals surface area contributed by atoms with Gasteiger partial charge in [0.05, 0.1) is 18.8 Å². The Morgan fingerprint density at radius 2 is 2.16 bits per heavy atom. The maximum atomic E-state index is 6.50. The van der Waals surface area contributed by atoms with Crippen LogP contribution in [0.2, 0.25) is 0 Å². The second-order valence-corrected chi connectivity index (χ2v) is 5.68. The van der Waals surface area contributed by atoms with Crippen molar-refractivity contribution < 1.29 is 9.47 Å². The van der Waals surface area contributed by atoms with Crippen molar-refractivity contribution >= 4 is 0 Å². The smallest absolute Gasteiger partial charge is 0.119 e. The number of benzene rings is 1. The molecule has 1 aromatic carbocycles. The Morgan fingerprint density at radius 1 is 1.37 bits per heavy atom. The van der Waals surface area contributed by atoms with Crippen molar-refractivity contribution in [2.75, 3.05) is 13.7 Å². The van der Waals surface area contributed by atoms with Crippen LogP contribution in [0.1, 0.15) is 43.9 Å². The van der Waals surface area contributed by atoms with Crippen LogP contribution in [0.25, 0.3) is 0 Å². The quantitative estimate of drug-likeness (QED) is 0.907. The van der Waals surface area contributed by atoms with Gasteiger partial charge in [0.15, 0.2) is 0 Å². The normalized spacial score (nSPS) is 27.7. The predicted octanol–water partition coefficient (Wildman–Crippen LogP) is 2.84. The van der Waals surface area contributed by atoms with E-state index in [4.69, 9.17) is 9.47 Å². The van der Waals surface area contributed by atoms with E-state index in [0.717, 1.165) is 31.6 Å². The lowest BCUT2D eigenvalue weighted by molar-refractivity contribution is -0.136. The molecule has 1 saturated heterocycles. The molecule has 3 nitrogen and oxygen atoms in total. The maximum Gasteiger partial charge on any atom is 0.119 e. The summed E-state index contributed by atoms with van der Waals surface area (Å²) in [5, 5.41) is 3.69. The monoisotopic (exact) mass is 261 g/mol. The lowest BCUT2D eigenvalue weighted by atomic mass is 9.93. The molecule has 0 saturated carbocycles. The topological polar surface area (TPSA) is 30.5 Å². The molecule has 19 heavy (non-hydrogen) atoms. The summed E-state index contributed by atoms with van der Waals surface area (Å²) in [5.41, 5.74) is 2.69. The number of hydrogen-bond acceptors (Lipinski definition) is 3. The molecule has 1 heterocycles. The second kappa shape index (κ2) is 4.80. The zero-order valence-corrected chi connectivity index (χ0v) is 12.0. The number of ether oxygens (including phenoxy) is 2. The molecule has 104 valence electrons. The molecule has 2 aliphatic rings. The zero-order chi connectivity index (χ0) is 13.5. The van der Waals surface area contributed by atoms with Gasteiger partial charge in [0, 0.05) is 12.6 Å². The first-order valence-corrected chi connectivity index (χ1v) is 7.29. The van der Waals surface area contributed by atoms with Gasteiger partial charge in [0.1, 0.15) is 5.75 Å². The largest absolute Gasteiger partial charge is 0.497 e. The van der Waals surface area contributed by atoms with Gasteiger partial charge in [-0.05, 0) is 42.5 Å². The minimum Gasteiger partial charge on any atom is -0.497 e. The van der Waals surface area contributed by atoms with E-state index in [1.807, 2.05) is 6.07 Å². The van der Waals surface area contributed by atoms with Crippen molar-refractivity contribution in [3.05, 3.63) is 29.3 Å². The van der Waals surface area contributed by atoms with E-state index in [1.165, 1.54) is 11.1 Å². The van der Waals surface area contributed by atoms with Gasteiger partial charge in [-0.15, -0.1) is 0 Å². The molecule has 1 aliphatic heterocycles. The summed E-state index contributed by atoms with van der Waals surface area (Å²) in [6, 6.07) is 6.79. The minimum absolute atomic E-state index is 0.00808. The summed E-state index contributed by atoms with van der Waals surface area (Å²) in [6.45, 7) is 5.40. The van der Waals surface area contributed by atoms with Gasteiger partial charge in [-0.25, -0.2) is 0 Å². The highest BCUT2D eigenvalue weighted by molar-refractivity contribution is 5.42. The van der Waals surface area contributed by atoms with Crippen molar-refractivity contribution in [1.29, 1.82) is 0 Å². The van der Waals surface area contributed by atoms with Crippen molar-refractivity contribution in [3.8, 4) is 5.75 Å². The molecule has 3 heteroatoms. The molecule has 1 aromatic rings. The van der Waals surface area contributed by atoms with Crippen molar-refractivity contribution in [2.24, 2.45) is 0 Å². The molecule has 0 aromatic heterocycles. The third kappa shape index (κ3) is 2.05. The van der Waals surface area contributed by atoms with Crippen molar-refractivity contribution in [1.82, 2.24) is 5.32 Å². The first-order valence-electron chi connectivity index (χ1n) is 7.29. The van der Waals surface area contributed by atoms with E-state index >= 15 is 0 Å². The molecule has 2 atom stereocenters. The summed E-state index contributed by atoms with van der Waals surface area (Å²) < 4.78 is 11.9. The van der Waals surface area contributed by atoms with Crippen LogP contribution in [0.3, 0.4) is 0 Å². The van der Waals surface area contributed by atoms with Crippen molar-refractivity contribution in [3.63, 3.8) is 0 Å². The van der Waals surface area contributed by atoms with Crippen LogP contribution in [-0.4, -0.2) is 25.3 Å². The van der Waals surface area contributed by atoms with Gasteiger partial charge in [-0.2, -0.15) is 0 Å². The average Bonchev–Trinajstić information content (AvgIpc) is 2.83. The van der Waals surface area contributed by atoms with Gasteiger partial charge < -0.3 is 14.8 Å². The zero-order valence-electron chi connectivity index (χ0n) is 12.0. The van der Waals surface area contributed by atoms with Crippen LogP contribution in [-0.2, 0) is 11.2 Å². The first-order chi connectivity index (χ1) is 9.21. The molecular weight excluding hydrogens is 238 g/mol. The van der Waals surface area contributed by atoms with Crippen LogP contribution in [0, 0.1) is 0 Å². The van der Waals surface area contributed by atoms with E-state index in [9.17, 15) is 0 Å². The van der Waals surface area contributed by atoms with E-state index < -0.39 is 0 Å². The van der Waals surface area contributed by atoms with Crippen LogP contribution < -0.4 is 10.1 Å². The Balaban J connectivity index is 1.92. The Kier molecular flexibility index (Phi) is 3.27. The second-order valence-electron chi connectivity index (χ2n) is 5.68. The SMILES string of the molecule is CCC1(CC)CNC2Cc3ccc(OC)cc3C2O1. The van der Waals surface area contributed by atoms with Crippen LogP contribution in [0.5, 0.6) is 5.75 Å². The van der Waals surface area contributed by atoms with Crippen LogP contribution in [0.4, 0.5) is 0 Å². The number of methoxy groups -OCH3 is 1. The first kappa shape index (κ1) is 12.9. The fourth-order valence-corrected chi connectivity index (χ4v) is 3.33. The van der Waals surface area contributed by atoms with Gasteiger partial charge in [0.2, 0.25) is 0 Å². The fourth-order valence-electron chi connectivity index (χ4n) is 3.33. The molecule has 3 rings (SSSR count). The lowest BCUT2D eigenvalue weighted by Crippen LogP contribution is -2.54. The Morgan fingerprint density at radius 3 is 2.84 bits per heavy atom. The summed E-state index contributed by atoms with van der Waals surface area (Å²) in [7, 11) is 1.72. The standard InChI is InChI=1S/C16H23NO2/c1-4-16(5-2)10-17-14-8-11-6-7-12(18-3)9-13(11)15(14)19-16/h6-7,9,14-15,17H,4-5,8,10H2,1-3H3. The summed E-state index contributed by atoms with van der Waals surface area (Å²) in [6.07, 6.45) is 3.35. The highest BCUT2D eigenvalue weighted by Gasteiger charge is 2.44. The number of morpholine rings is 1. The van der Waals surface area contributed by atoms with Gasteiger partial charge >= 0.3 is 0 Å². The molecule has 0 amide bonds. The number of nitrogens with one attached hydrogen (secondary N) is 1. The molecular formula is C16H23NO2. The van der Waals surface area contributed by atoms with E-state index in [-0.39, 0.29) is 11.7 Å². The third-order valence-electron chi connectivity index (χ3n) is 4.82. The summed E-state index contributed by atoms with van der Waals surface area (Å²) >= 11 is 0. The third-order valence-corrected chi connectivity index (χ3v) is 4.82. The van der Waals surface area contributed by atoms with Crippen LogP contribution >= 0.6 is 0 Å². The van der Waals surface area contributed by atoms with E-state index in [2.05, 4.69) is 31.3 Å². The van der Waals surface area contributed by atoms with E-state index in [0.29, 0.717) is 6.04 Å². The molecule has 1 N–H and O–H groups in total. The molecule has 2 unspecified atom stereocenters. The summed E-state index contributed by atoms with van der Waals surface area (Å²) in [5.74, 6) is 0.923. The number of hydrogen-bond donors (Lipinski definition) is 1. The molecule has 0 spiro atoms. The highest BCUT2D eigenvalue weighted by Crippen LogP contribution is 2.42. The minimum atomic E-state index is -0.00808. The molecule has 0 bridgehead atoms. The Hall–Kier alpha value is -1.06. The Labute approximate surface area is 115 Å². The highest BCUT2D eigenvalue weighted by atomic mass is 16.5. The van der Waals surface area contributed by atoms with Crippen molar-refractivity contribution in [2.45, 2.75) is 50.9 Å². The van der Waals surface area contributed by atoms with Gasteiger partial charge in [-0.3, -0.25) is 0 Å². The molecule has 1 aliphatic carbocycles. The lowest BCUT2D eigenvalue weighted by Gasteiger charge is -2.43. The fraction of sp³-hybridized carbons (Fsp3) is 0.625. The maximum absolute atomic E-state index is 6.50. The Bertz CT molecular complexity index is 468. The van der Waals surface area contributed by atoms with Gasteiger partial charge in [0.25, 0.3) is 0 Å². The van der Waals surface area contributed by atoms with Gasteiger partial charge in [-0.1, -0.05) is 19.9 Å². The average molecular weight is 261 g/mol.